The van der Waals surface area contributed by atoms with Crippen molar-refractivity contribution in [3.05, 3.63) is 42.0 Å². The smallest absolute Gasteiger partial charge is 0.164 e. The van der Waals surface area contributed by atoms with Gasteiger partial charge in [-0.2, -0.15) is 5.10 Å². The van der Waals surface area contributed by atoms with E-state index in [-0.39, 0.29) is 0 Å². The lowest BCUT2D eigenvalue weighted by Crippen LogP contribution is -2.21. The van der Waals surface area contributed by atoms with Crippen molar-refractivity contribution in [3.8, 4) is 0 Å². The van der Waals surface area contributed by atoms with Gasteiger partial charge < -0.3 is 10.2 Å². The largest absolute Gasteiger partial charge is 0.372 e. The molecule has 0 amide bonds. The van der Waals surface area contributed by atoms with Crippen LogP contribution in [-0.4, -0.2) is 27.9 Å². The summed E-state index contributed by atoms with van der Waals surface area (Å²) in [6.07, 6.45) is 1.72. The van der Waals surface area contributed by atoms with Crippen LogP contribution in [0.3, 0.4) is 0 Å². The molecule has 0 fully saturated rings. The van der Waals surface area contributed by atoms with Crippen LogP contribution < -0.4 is 10.2 Å². The third kappa shape index (κ3) is 3.81. The van der Waals surface area contributed by atoms with Crippen molar-refractivity contribution >= 4 is 5.69 Å². The van der Waals surface area contributed by atoms with Crippen LogP contribution >= 0.6 is 0 Å². The summed E-state index contributed by atoms with van der Waals surface area (Å²) in [6.45, 7) is 7.96. The van der Waals surface area contributed by atoms with Crippen molar-refractivity contribution in [2.75, 3.05) is 18.0 Å². The van der Waals surface area contributed by atoms with Gasteiger partial charge in [-0.25, -0.2) is 4.98 Å². The van der Waals surface area contributed by atoms with Gasteiger partial charge in [0.25, 0.3) is 0 Å². The zero-order valence-electron chi connectivity index (χ0n) is 12.5. The SMILES string of the molecule is CCN(CC)c1ccc(CNCc2ncn(C)n2)cc1. The Bertz CT molecular complexity index is 513. The highest BCUT2D eigenvalue weighted by atomic mass is 15.3. The fourth-order valence-corrected chi connectivity index (χ4v) is 2.20. The van der Waals surface area contributed by atoms with E-state index >= 15 is 0 Å². The molecule has 0 aliphatic heterocycles. The van der Waals surface area contributed by atoms with E-state index in [2.05, 4.69) is 58.4 Å². The number of benzene rings is 1. The van der Waals surface area contributed by atoms with E-state index in [0.717, 1.165) is 25.5 Å². The number of hydrogen-bond donors (Lipinski definition) is 1. The fourth-order valence-electron chi connectivity index (χ4n) is 2.20. The van der Waals surface area contributed by atoms with Crippen LogP contribution in [0.5, 0.6) is 0 Å². The maximum atomic E-state index is 4.24. The molecule has 1 aromatic carbocycles. The number of aryl methyl sites for hydroxylation is 1. The second-order valence-electron chi connectivity index (χ2n) is 4.78. The van der Waals surface area contributed by atoms with Crippen molar-refractivity contribution < 1.29 is 0 Å². The number of rotatable bonds is 7. The van der Waals surface area contributed by atoms with Gasteiger partial charge in [-0.05, 0) is 31.5 Å². The minimum Gasteiger partial charge on any atom is -0.372 e. The van der Waals surface area contributed by atoms with Gasteiger partial charge in [0.05, 0.1) is 6.54 Å². The van der Waals surface area contributed by atoms with Crippen LogP contribution in [0.4, 0.5) is 5.69 Å². The number of hydrogen-bond acceptors (Lipinski definition) is 4. The highest BCUT2D eigenvalue weighted by molar-refractivity contribution is 5.47. The molecule has 0 radical (unpaired) electrons. The standard InChI is InChI=1S/C15H23N5/c1-4-20(5-2)14-8-6-13(7-9-14)10-16-11-15-17-12-19(3)18-15/h6-9,12,16H,4-5,10-11H2,1-3H3. The first kappa shape index (κ1) is 14.5. The van der Waals surface area contributed by atoms with Crippen molar-refractivity contribution in [1.82, 2.24) is 20.1 Å². The quantitative estimate of drug-likeness (QED) is 0.837. The summed E-state index contributed by atoms with van der Waals surface area (Å²) < 4.78 is 1.72. The molecule has 1 aromatic heterocycles. The predicted octanol–water partition coefficient (Wildman–Crippen LogP) is 1.95. The number of nitrogens with one attached hydrogen (secondary N) is 1. The van der Waals surface area contributed by atoms with E-state index in [1.165, 1.54) is 11.3 Å². The summed E-state index contributed by atoms with van der Waals surface area (Å²) >= 11 is 0. The number of aromatic nitrogens is 3. The van der Waals surface area contributed by atoms with E-state index < -0.39 is 0 Å². The minimum absolute atomic E-state index is 0.693. The highest BCUT2D eigenvalue weighted by Gasteiger charge is 2.02. The molecule has 1 N–H and O–H groups in total. The normalized spacial score (nSPS) is 10.8. The summed E-state index contributed by atoms with van der Waals surface area (Å²) in [5.41, 5.74) is 2.56. The first-order valence-corrected chi connectivity index (χ1v) is 7.12. The summed E-state index contributed by atoms with van der Waals surface area (Å²) in [4.78, 5) is 6.53. The lowest BCUT2D eigenvalue weighted by molar-refractivity contribution is 0.649. The third-order valence-electron chi connectivity index (χ3n) is 3.32. The average Bonchev–Trinajstić information content (AvgIpc) is 2.87. The van der Waals surface area contributed by atoms with E-state index in [4.69, 9.17) is 0 Å². The van der Waals surface area contributed by atoms with E-state index in [0.29, 0.717) is 6.54 Å². The molecule has 0 aliphatic rings. The van der Waals surface area contributed by atoms with Crippen molar-refractivity contribution in [1.29, 1.82) is 0 Å². The molecular formula is C15H23N5. The van der Waals surface area contributed by atoms with Crippen LogP contribution in [0, 0.1) is 0 Å². The molecule has 2 aromatic rings. The molecule has 2 rings (SSSR count). The Morgan fingerprint density at radius 2 is 1.80 bits per heavy atom. The van der Waals surface area contributed by atoms with Crippen LogP contribution in [0.25, 0.3) is 0 Å². The molecular weight excluding hydrogens is 250 g/mol. The average molecular weight is 273 g/mol. The topological polar surface area (TPSA) is 46.0 Å². The lowest BCUT2D eigenvalue weighted by Gasteiger charge is -2.21. The van der Waals surface area contributed by atoms with Crippen molar-refractivity contribution in [3.63, 3.8) is 0 Å². The Morgan fingerprint density at radius 1 is 1.10 bits per heavy atom. The molecule has 20 heavy (non-hydrogen) atoms. The third-order valence-corrected chi connectivity index (χ3v) is 3.32. The Hall–Kier alpha value is -1.88. The first-order valence-electron chi connectivity index (χ1n) is 7.12. The zero-order valence-corrected chi connectivity index (χ0v) is 12.5. The molecule has 1 heterocycles. The second kappa shape index (κ2) is 7.05. The number of anilines is 1. The van der Waals surface area contributed by atoms with Gasteiger partial charge in [-0.3, -0.25) is 4.68 Å². The van der Waals surface area contributed by atoms with Gasteiger partial charge in [0, 0.05) is 32.4 Å². The van der Waals surface area contributed by atoms with Gasteiger partial charge in [0.1, 0.15) is 6.33 Å². The maximum Gasteiger partial charge on any atom is 0.164 e. The highest BCUT2D eigenvalue weighted by Crippen LogP contribution is 2.14. The van der Waals surface area contributed by atoms with Crippen LogP contribution in [0.15, 0.2) is 30.6 Å². The molecule has 108 valence electrons. The number of nitrogens with zero attached hydrogens (tertiary/aromatic N) is 4. The van der Waals surface area contributed by atoms with Gasteiger partial charge in [0.2, 0.25) is 0 Å². The first-order chi connectivity index (χ1) is 9.72. The summed E-state index contributed by atoms with van der Waals surface area (Å²) in [7, 11) is 1.88. The summed E-state index contributed by atoms with van der Waals surface area (Å²) in [5, 5.41) is 7.59. The van der Waals surface area contributed by atoms with Gasteiger partial charge in [-0.1, -0.05) is 12.1 Å². The molecule has 0 saturated heterocycles. The van der Waals surface area contributed by atoms with Gasteiger partial charge in [0.15, 0.2) is 5.82 Å². The molecule has 0 unspecified atom stereocenters. The van der Waals surface area contributed by atoms with Crippen molar-refractivity contribution in [2.45, 2.75) is 26.9 Å². The Kier molecular flexibility index (Phi) is 5.12. The molecule has 5 heteroatoms. The molecule has 0 bridgehead atoms. The Balaban J connectivity index is 1.84. The van der Waals surface area contributed by atoms with Crippen molar-refractivity contribution in [2.24, 2.45) is 7.05 Å². The van der Waals surface area contributed by atoms with Crippen LogP contribution in [0.2, 0.25) is 0 Å². The fraction of sp³-hybridized carbons (Fsp3) is 0.467. The molecule has 5 nitrogen and oxygen atoms in total. The van der Waals surface area contributed by atoms with E-state index in [1.54, 1.807) is 11.0 Å². The Morgan fingerprint density at radius 3 is 2.35 bits per heavy atom. The van der Waals surface area contributed by atoms with E-state index in [9.17, 15) is 0 Å². The van der Waals surface area contributed by atoms with Crippen LogP contribution in [-0.2, 0) is 20.1 Å². The molecule has 0 aliphatic carbocycles. The van der Waals surface area contributed by atoms with Gasteiger partial charge >= 0.3 is 0 Å². The Labute approximate surface area is 120 Å². The van der Waals surface area contributed by atoms with Crippen LogP contribution in [0.1, 0.15) is 25.2 Å². The zero-order chi connectivity index (χ0) is 14.4. The molecule has 0 atom stereocenters. The minimum atomic E-state index is 0.693. The maximum absolute atomic E-state index is 4.24. The monoisotopic (exact) mass is 273 g/mol. The lowest BCUT2D eigenvalue weighted by atomic mass is 10.2. The van der Waals surface area contributed by atoms with E-state index in [1.807, 2.05) is 7.05 Å². The molecule has 0 spiro atoms. The summed E-state index contributed by atoms with van der Waals surface area (Å²) in [6, 6.07) is 8.71. The predicted molar refractivity (Wildman–Crippen MR) is 81.5 cm³/mol. The summed E-state index contributed by atoms with van der Waals surface area (Å²) in [5.74, 6) is 0.826. The second-order valence-corrected chi connectivity index (χ2v) is 4.78. The van der Waals surface area contributed by atoms with Gasteiger partial charge in [-0.15, -0.1) is 0 Å². The molecule has 0 saturated carbocycles.